The number of amides is 1. The van der Waals surface area contributed by atoms with Crippen molar-refractivity contribution >= 4 is 5.91 Å². The summed E-state index contributed by atoms with van der Waals surface area (Å²) in [4.78, 5) is 13.8. The van der Waals surface area contributed by atoms with E-state index in [2.05, 4.69) is 5.32 Å². The highest BCUT2D eigenvalue weighted by Gasteiger charge is 2.36. The average molecular weight is 244 g/mol. The lowest BCUT2D eigenvalue weighted by Gasteiger charge is -2.29. The third-order valence-corrected chi connectivity index (χ3v) is 2.86. The third kappa shape index (κ3) is 4.26. The number of rotatable bonds is 5. The number of ether oxygens (including phenoxy) is 1. The molecule has 1 amide bonds. The van der Waals surface area contributed by atoms with Crippen LogP contribution in [0.3, 0.4) is 0 Å². The third-order valence-electron chi connectivity index (χ3n) is 2.86. The molecule has 5 heteroatoms. The molecule has 17 heavy (non-hydrogen) atoms. The van der Waals surface area contributed by atoms with Crippen molar-refractivity contribution in [3.05, 3.63) is 0 Å². The van der Waals surface area contributed by atoms with Gasteiger partial charge in [0.05, 0.1) is 24.7 Å². The number of aliphatic hydroxyl groups is 1. The van der Waals surface area contributed by atoms with Gasteiger partial charge >= 0.3 is 0 Å². The van der Waals surface area contributed by atoms with Crippen LogP contribution in [0.4, 0.5) is 0 Å². The molecule has 100 valence electrons. The summed E-state index contributed by atoms with van der Waals surface area (Å²) in [5.74, 6) is -0.0992. The molecule has 1 aliphatic heterocycles. The van der Waals surface area contributed by atoms with E-state index in [4.69, 9.17) is 4.74 Å². The summed E-state index contributed by atoms with van der Waals surface area (Å²) in [6.45, 7) is 7.62. The van der Waals surface area contributed by atoms with E-state index in [0.717, 1.165) is 6.54 Å². The fourth-order valence-electron chi connectivity index (χ4n) is 2.20. The Labute approximate surface area is 103 Å². The van der Waals surface area contributed by atoms with Crippen LogP contribution in [0, 0.1) is 5.92 Å². The Morgan fingerprint density at radius 3 is 2.71 bits per heavy atom. The van der Waals surface area contributed by atoms with Gasteiger partial charge in [0.25, 0.3) is 0 Å². The highest BCUT2D eigenvalue weighted by molar-refractivity contribution is 5.79. The summed E-state index contributed by atoms with van der Waals surface area (Å²) >= 11 is 0. The van der Waals surface area contributed by atoms with E-state index in [0.29, 0.717) is 19.8 Å². The zero-order valence-corrected chi connectivity index (χ0v) is 11.2. The first-order valence-electron chi connectivity index (χ1n) is 6.13. The monoisotopic (exact) mass is 244 g/mol. The first-order valence-corrected chi connectivity index (χ1v) is 6.13. The maximum Gasteiger partial charge on any atom is 0.229 e. The predicted molar refractivity (Wildman–Crippen MR) is 65.7 cm³/mol. The van der Waals surface area contributed by atoms with E-state index in [1.165, 1.54) is 0 Å². The minimum Gasteiger partial charge on any atom is -0.389 e. The number of hydrogen-bond acceptors (Lipinski definition) is 4. The molecule has 1 heterocycles. The Kier molecular flexibility index (Phi) is 4.91. The molecule has 0 aliphatic carbocycles. The van der Waals surface area contributed by atoms with E-state index in [1.54, 1.807) is 25.8 Å². The van der Waals surface area contributed by atoms with Gasteiger partial charge in [0.1, 0.15) is 0 Å². The molecule has 0 aromatic heterocycles. The SMILES string of the molecule is CCNC1COCC1C(=O)N(C)CC(C)(C)O. The van der Waals surface area contributed by atoms with Gasteiger partial charge in [0.2, 0.25) is 5.91 Å². The molecule has 0 aromatic carbocycles. The number of likely N-dealkylation sites (N-methyl/N-ethyl adjacent to an activating group) is 2. The van der Waals surface area contributed by atoms with Crippen molar-refractivity contribution in [3.63, 3.8) is 0 Å². The van der Waals surface area contributed by atoms with Crippen molar-refractivity contribution in [1.29, 1.82) is 0 Å². The molecule has 0 bridgehead atoms. The van der Waals surface area contributed by atoms with Gasteiger partial charge in [-0.05, 0) is 20.4 Å². The lowest BCUT2D eigenvalue weighted by molar-refractivity contribution is -0.137. The summed E-state index contributed by atoms with van der Waals surface area (Å²) in [5, 5.41) is 13.0. The molecule has 0 spiro atoms. The first-order chi connectivity index (χ1) is 7.85. The smallest absolute Gasteiger partial charge is 0.229 e. The number of nitrogens with one attached hydrogen (secondary N) is 1. The standard InChI is InChI=1S/C12H24N2O3/c1-5-13-10-7-17-6-9(10)11(15)14(4)8-12(2,3)16/h9-10,13,16H,5-8H2,1-4H3. The van der Waals surface area contributed by atoms with Crippen molar-refractivity contribution in [3.8, 4) is 0 Å². The highest BCUT2D eigenvalue weighted by Crippen LogP contribution is 2.17. The Morgan fingerprint density at radius 2 is 2.18 bits per heavy atom. The molecule has 0 aromatic rings. The van der Waals surface area contributed by atoms with Gasteiger partial charge in [-0.1, -0.05) is 6.92 Å². The molecule has 1 fully saturated rings. The van der Waals surface area contributed by atoms with Crippen LogP contribution in [0.25, 0.3) is 0 Å². The molecule has 1 aliphatic rings. The van der Waals surface area contributed by atoms with E-state index < -0.39 is 5.60 Å². The van der Waals surface area contributed by atoms with Gasteiger partial charge in [-0.15, -0.1) is 0 Å². The van der Waals surface area contributed by atoms with Crippen LogP contribution in [0.2, 0.25) is 0 Å². The molecule has 2 atom stereocenters. The van der Waals surface area contributed by atoms with Gasteiger partial charge in [-0.2, -0.15) is 0 Å². The van der Waals surface area contributed by atoms with Crippen molar-refractivity contribution < 1.29 is 14.6 Å². The quantitative estimate of drug-likeness (QED) is 0.705. The van der Waals surface area contributed by atoms with Crippen molar-refractivity contribution in [1.82, 2.24) is 10.2 Å². The predicted octanol–water partition coefficient (Wildman–Crippen LogP) is -0.160. The van der Waals surface area contributed by atoms with Gasteiger partial charge in [-0.3, -0.25) is 4.79 Å². The maximum absolute atomic E-state index is 12.2. The Morgan fingerprint density at radius 1 is 1.53 bits per heavy atom. The van der Waals surface area contributed by atoms with Gasteiger partial charge in [0, 0.05) is 19.6 Å². The van der Waals surface area contributed by atoms with Crippen LogP contribution >= 0.6 is 0 Å². The summed E-state index contributed by atoms with van der Waals surface area (Å²) in [7, 11) is 1.72. The van der Waals surface area contributed by atoms with Crippen LogP contribution < -0.4 is 5.32 Å². The molecule has 1 saturated heterocycles. The lowest BCUT2D eigenvalue weighted by Crippen LogP contribution is -2.48. The zero-order chi connectivity index (χ0) is 13.1. The van der Waals surface area contributed by atoms with Crippen LogP contribution in [0.1, 0.15) is 20.8 Å². The minimum atomic E-state index is -0.864. The Balaban J connectivity index is 2.56. The molecule has 2 N–H and O–H groups in total. The van der Waals surface area contributed by atoms with Gasteiger partial charge in [-0.25, -0.2) is 0 Å². The fraction of sp³-hybridized carbons (Fsp3) is 0.917. The largest absolute Gasteiger partial charge is 0.389 e. The number of nitrogens with zero attached hydrogens (tertiary/aromatic N) is 1. The first kappa shape index (κ1) is 14.4. The topological polar surface area (TPSA) is 61.8 Å². The molecule has 1 rings (SSSR count). The summed E-state index contributed by atoms with van der Waals surface area (Å²) in [5.41, 5.74) is -0.864. The van der Waals surface area contributed by atoms with E-state index in [-0.39, 0.29) is 17.9 Å². The van der Waals surface area contributed by atoms with E-state index in [1.807, 2.05) is 6.92 Å². The van der Waals surface area contributed by atoms with Crippen molar-refractivity contribution in [2.45, 2.75) is 32.4 Å². The molecular weight excluding hydrogens is 220 g/mol. The number of carbonyl (C=O) groups is 1. The molecular formula is C12H24N2O3. The van der Waals surface area contributed by atoms with Crippen LogP contribution in [0.15, 0.2) is 0 Å². The van der Waals surface area contributed by atoms with Crippen LogP contribution in [-0.2, 0) is 9.53 Å². The van der Waals surface area contributed by atoms with Gasteiger partial charge < -0.3 is 20.1 Å². The lowest BCUT2D eigenvalue weighted by atomic mass is 10.0. The van der Waals surface area contributed by atoms with E-state index >= 15 is 0 Å². The second kappa shape index (κ2) is 5.80. The van der Waals surface area contributed by atoms with Gasteiger partial charge in [0.15, 0.2) is 0 Å². The summed E-state index contributed by atoms with van der Waals surface area (Å²) in [6.07, 6.45) is 0. The molecule has 5 nitrogen and oxygen atoms in total. The van der Waals surface area contributed by atoms with Crippen LogP contribution in [-0.4, -0.2) is 60.9 Å². The zero-order valence-electron chi connectivity index (χ0n) is 11.2. The second-order valence-corrected chi connectivity index (χ2v) is 5.31. The molecule has 0 radical (unpaired) electrons. The number of hydrogen-bond donors (Lipinski definition) is 2. The second-order valence-electron chi connectivity index (χ2n) is 5.31. The van der Waals surface area contributed by atoms with E-state index in [9.17, 15) is 9.90 Å². The average Bonchev–Trinajstić information content (AvgIpc) is 2.62. The summed E-state index contributed by atoms with van der Waals surface area (Å²) in [6, 6.07) is 0.0942. The fourth-order valence-corrected chi connectivity index (χ4v) is 2.20. The Hall–Kier alpha value is -0.650. The van der Waals surface area contributed by atoms with Crippen molar-refractivity contribution in [2.24, 2.45) is 5.92 Å². The minimum absolute atomic E-state index is 0.0376. The van der Waals surface area contributed by atoms with Crippen molar-refractivity contribution in [2.75, 3.05) is 33.4 Å². The van der Waals surface area contributed by atoms with Crippen LogP contribution in [0.5, 0.6) is 0 Å². The normalized spacial score (nSPS) is 25.0. The molecule has 0 saturated carbocycles. The maximum atomic E-state index is 12.2. The Bertz CT molecular complexity index is 263. The summed E-state index contributed by atoms with van der Waals surface area (Å²) < 4.78 is 5.35. The molecule has 2 unspecified atom stereocenters. The number of carbonyl (C=O) groups excluding carboxylic acids is 1. The highest BCUT2D eigenvalue weighted by atomic mass is 16.5.